The molecule has 1 aromatic carbocycles. The molecule has 1 saturated carbocycles. The minimum absolute atomic E-state index is 0.0199. The summed E-state index contributed by atoms with van der Waals surface area (Å²) in [6.45, 7) is 0. The molecule has 3 unspecified atom stereocenters. The van der Waals surface area contributed by atoms with Crippen molar-refractivity contribution in [3.8, 4) is 0 Å². The van der Waals surface area contributed by atoms with Crippen LogP contribution in [0.4, 0.5) is 0 Å². The van der Waals surface area contributed by atoms with E-state index >= 15 is 0 Å². The maximum Gasteiger partial charge on any atom is 0.305 e. The highest BCUT2D eigenvalue weighted by atomic mass is 79.9. The fourth-order valence-electron chi connectivity index (χ4n) is 3.70. The summed E-state index contributed by atoms with van der Waals surface area (Å²) < 4.78 is 0. The first-order chi connectivity index (χ1) is 11.5. The van der Waals surface area contributed by atoms with Crippen molar-refractivity contribution in [1.82, 2.24) is 16.2 Å². The molecule has 3 rings (SSSR count). The van der Waals surface area contributed by atoms with Gasteiger partial charge in [0.15, 0.2) is 0 Å². The summed E-state index contributed by atoms with van der Waals surface area (Å²) in [5.74, 6) is -1.03. The van der Waals surface area contributed by atoms with Crippen molar-refractivity contribution in [2.75, 3.05) is 0 Å². The van der Waals surface area contributed by atoms with E-state index in [1.165, 1.54) is 0 Å². The van der Waals surface area contributed by atoms with Gasteiger partial charge in [-0.1, -0.05) is 59.1 Å². The second-order valence-corrected chi connectivity index (χ2v) is 7.70. The third-order valence-electron chi connectivity index (χ3n) is 4.91. The second kappa shape index (κ2) is 7.21. The number of hydrogen-bond acceptors (Lipinski definition) is 4. The van der Waals surface area contributed by atoms with Crippen molar-refractivity contribution in [2.24, 2.45) is 0 Å². The molecule has 1 aliphatic heterocycles. The maximum atomic E-state index is 12.7. The number of aliphatic carboxylic acids is 1. The molecule has 0 radical (unpaired) electrons. The van der Waals surface area contributed by atoms with Crippen molar-refractivity contribution in [3.05, 3.63) is 35.9 Å². The summed E-state index contributed by atoms with van der Waals surface area (Å²) in [5, 5.41) is 12.2. The Kier molecular flexibility index (Phi) is 5.22. The van der Waals surface area contributed by atoms with E-state index in [1.54, 1.807) is 0 Å². The molecular weight excluding hydrogens is 374 g/mol. The normalized spacial score (nSPS) is 28.6. The van der Waals surface area contributed by atoms with E-state index in [2.05, 4.69) is 32.1 Å². The SMILES string of the molecule is O=C(O)CC1(NC(=O)C2NNC(c3ccccc3)C2Br)CCCC1. The van der Waals surface area contributed by atoms with Gasteiger partial charge in [-0.05, 0) is 18.4 Å². The first-order valence-corrected chi connectivity index (χ1v) is 9.16. The third-order valence-corrected chi connectivity index (χ3v) is 5.97. The molecule has 24 heavy (non-hydrogen) atoms. The quantitative estimate of drug-likeness (QED) is 0.571. The van der Waals surface area contributed by atoms with E-state index in [0.29, 0.717) is 0 Å². The van der Waals surface area contributed by atoms with Crippen LogP contribution in [0.25, 0.3) is 0 Å². The highest BCUT2D eigenvalue weighted by molar-refractivity contribution is 9.09. The molecule has 6 nitrogen and oxygen atoms in total. The van der Waals surface area contributed by atoms with Gasteiger partial charge in [0, 0.05) is 0 Å². The third kappa shape index (κ3) is 3.63. The molecular formula is C17H22BrN3O3. The van der Waals surface area contributed by atoms with Gasteiger partial charge in [-0.3, -0.25) is 9.59 Å². The predicted octanol–water partition coefficient (Wildman–Crippen LogP) is 1.87. The first kappa shape index (κ1) is 17.4. The zero-order chi connectivity index (χ0) is 17.2. The zero-order valence-corrected chi connectivity index (χ0v) is 14.9. The van der Waals surface area contributed by atoms with Crippen LogP contribution in [-0.2, 0) is 9.59 Å². The van der Waals surface area contributed by atoms with Crippen molar-refractivity contribution in [3.63, 3.8) is 0 Å². The van der Waals surface area contributed by atoms with Crippen molar-refractivity contribution < 1.29 is 14.7 Å². The van der Waals surface area contributed by atoms with E-state index in [4.69, 9.17) is 0 Å². The molecule has 2 fully saturated rings. The van der Waals surface area contributed by atoms with Gasteiger partial charge in [-0.25, -0.2) is 10.9 Å². The number of rotatable bonds is 5. The standard InChI is InChI=1S/C17H22BrN3O3/c18-13-14(11-6-2-1-3-7-11)20-21-15(13)16(24)19-17(10-12(22)23)8-4-5-9-17/h1-3,6-7,13-15,20-21H,4-5,8-10H2,(H,19,24)(H,22,23). The summed E-state index contributed by atoms with van der Waals surface area (Å²) in [7, 11) is 0. The number of alkyl halides is 1. The van der Waals surface area contributed by atoms with Gasteiger partial charge in [0.2, 0.25) is 5.91 Å². The first-order valence-electron chi connectivity index (χ1n) is 8.25. The Morgan fingerprint density at radius 1 is 1.21 bits per heavy atom. The van der Waals surface area contributed by atoms with Crippen LogP contribution in [0.1, 0.15) is 43.7 Å². The Bertz CT molecular complexity index is 604. The average Bonchev–Trinajstić information content (AvgIpc) is 3.14. The van der Waals surface area contributed by atoms with Crippen LogP contribution < -0.4 is 16.2 Å². The van der Waals surface area contributed by atoms with Crippen LogP contribution >= 0.6 is 15.9 Å². The fourth-order valence-corrected chi connectivity index (χ4v) is 4.50. The van der Waals surface area contributed by atoms with Crippen LogP contribution in [0.3, 0.4) is 0 Å². The molecule has 2 aliphatic rings. The second-order valence-electron chi connectivity index (χ2n) is 6.65. The lowest BCUT2D eigenvalue weighted by Gasteiger charge is -2.30. The Morgan fingerprint density at radius 3 is 2.50 bits per heavy atom. The minimum atomic E-state index is -0.868. The molecule has 1 aromatic rings. The van der Waals surface area contributed by atoms with Gasteiger partial charge in [0.1, 0.15) is 6.04 Å². The van der Waals surface area contributed by atoms with Crippen LogP contribution in [-0.4, -0.2) is 33.4 Å². The number of amides is 1. The zero-order valence-electron chi connectivity index (χ0n) is 13.3. The molecule has 0 bridgehead atoms. The van der Waals surface area contributed by atoms with Crippen molar-refractivity contribution >= 4 is 27.8 Å². The Labute approximate surface area is 149 Å². The summed E-state index contributed by atoms with van der Waals surface area (Å²) >= 11 is 3.62. The van der Waals surface area contributed by atoms with Crippen molar-refractivity contribution in [2.45, 2.75) is 54.6 Å². The number of nitrogens with one attached hydrogen (secondary N) is 3. The van der Waals surface area contributed by atoms with Gasteiger partial charge in [-0.2, -0.15) is 0 Å². The molecule has 1 aliphatic carbocycles. The monoisotopic (exact) mass is 395 g/mol. The van der Waals surface area contributed by atoms with Gasteiger partial charge >= 0.3 is 5.97 Å². The summed E-state index contributed by atoms with van der Waals surface area (Å²) in [6, 6.07) is 9.42. The van der Waals surface area contributed by atoms with E-state index in [-0.39, 0.29) is 23.2 Å². The summed E-state index contributed by atoms with van der Waals surface area (Å²) in [6.07, 6.45) is 3.33. The lowest BCUT2D eigenvalue weighted by Crippen LogP contribution is -2.55. The predicted molar refractivity (Wildman–Crippen MR) is 93.6 cm³/mol. The molecule has 7 heteroatoms. The van der Waals surface area contributed by atoms with Crippen LogP contribution in [0, 0.1) is 0 Å². The lowest BCUT2D eigenvalue weighted by atomic mass is 9.92. The van der Waals surface area contributed by atoms with E-state index in [0.717, 1.165) is 31.2 Å². The Hall–Kier alpha value is -1.44. The highest BCUT2D eigenvalue weighted by Crippen LogP contribution is 2.34. The topological polar surface area (TPSA) is 90.5 Å². The number of hydrazine groups is 1. The number of hydrogen-bond donors (Lipinski definition) is 4. The molecule has 0 aromatic heterocycles. The largest absolute Gasteiger partial charge is 0.481 e. The van der Waals surface area contributed by atoms with E-state index < -0.39 is 17.6 Å². The van der Waals surface area contributed by atoms with Gasteiger partial charge in [0.25, 0.3) is 0 Å². The number of halogens is 1. The molecule has 130 valence electrons. The van der Waals surface area contributed by atoms with E-state index in [1.807, 2.05) is 30.3 Å². The highest BCUT2D eigenvalue weighted by Gasteiger charge is 2.43. The smallest absolute Gasteiger partial charge is 0.305 e. The number of carboxylic acid groups (broad SMARTS) is 1. The van der Waals surface area contributed by atoms with Gasteiger partial charge in [-0.15, -0.1) is 0 Å². The summed E-state index contributed by atoms with van der Waals surface area (Å²) in [4.78, 5) is 23.8. The van der Waals surface area contributed by atoms with Gasteiger partial charge in [0.05, 0.1) is 22.8 Å². The molecule has 1 saturated heterocycles. The number of carbonyl (C=O) groups excluding carboxylic acids is 1. The van der Waals surface area contributed by atoms with Crippen LogP contribution in [0.5, 0.6) is 0 Å². The fraction of sp³-hybridized carbons (Fsp3) is 0.529. The van der Waals surface area contributed by atoms with Gasteiger partial charge < -0.3 is 10.4 Å². The number of benzene rings is 1. The molecule has 3 atom stereocenters. The minimum Gasteiger partial charge on any atom is -0.481 e. The average molecular weight is 396 g/mol. The number of carbonyl (C=O) groups is 2. The maximum absolute atomic E-state index is 12.7. The van der Waals surface area contributed by atoms with Crippen LogP contribution in [0.2, 0.25) is 0 Å². The molecule has 1 amide bonds. The van der Waals surface area contributed by atoms with E-state index in [9.17, 15) is 14.7 Å². The lowest BCUT2D eigenvalue weighted by molar-refractivity contribution is -0.139. The summed E-state index contributed by atoms with van der Waals surface area (Å²) in [5.41, 5.74) is 6.68. The Morgan fingerprint density at radius 2 is 1.88 bits per heavy atom. The Balaban J connectivity index is 1.68. The number of carboxylic acids is 1. The molecule has 0 spiro atoms. The van der Waals surface area contributed by atoms with Crippen LogP contribution in [0.15, 0.2) is 30.3 Å². The molecule has 1 heterocycles. The molecule has 4 N–H and O–H groups in total. The van der Waals surface area contributed by atoms with Crippen molar-refractivity contribution in [1.29, 1.82) is 0 Å².